The minimum Gasteiger partial charge on any atom is -0.508 e. The van der Waals surface area contributed by atoms with Crippen LogP contribution < -0.4 is 4.94 Å². The van der Waals surface area contributed by atoms with Gasteiger partial charge in [-0.05, 0) is 17.7 Å². The van der Waals surface area contributed by atoms with E-state index in [1.807, 2.05) is 0 Å². The average molecular weight is 312 g/mol. The van der Waals surface area contributed by atoms with E-state index < -0.39 is 16.7 Å². The van der Waals surface area contributed by atoms with Crippen molar-refractivity contribution in [2.75, 3.05) is 0 Å². The number of aromatic hydroxyl groups is 1. The predicted molar refractivity (Wildman–Crippen MR) is 72.5 cm³/mol. The molecule has 21 heavy (non-hydrogen) atoms. The van der Waals surface area contributed by atoms with Gasteiger partial charge in [-0.15, -0.1) is 0 Å². The molecule has 0 atom stereocenters. The Hall–Kier alpha value is -2.28. The largest absolute Gasteiger partial charge is 0.508 e. The first-order chi connectivity index (χ1) is 9.86. The van der Waals surface area contributed by atoms with Crippen molar-refractivity contribution < 1.29 is 22.7 Å². The molecule has 0 saturated carbocycles. The van der Waals surface area contributed by atoms with Crippen LogP contribution in [0.5, 0.6) is 5.75 Å². The number of halogens is 3. The van der Waals surface area contributed by atoms with Gasteiger partial charge in [0.25, 0.3) is 0 Å². The molecule has 0 fully saturated rings. The monoisotopic (exact) mass is 312 g/mol. The molecular weight excluding hydrogens is 305 g/mol. The van der Waals surface area contributed by atoms with Crippen molar-refractivity contribution in [3.63, 3.8) is 0 Å². The summed E-state index contributed by atoms with van der Waals surface area (Å²) >= 11 is 0.725. The molecule has 1 heterocycles. The van der Waals surface area contributed by atoms with Crippen LogP contribution in [0.2, 0.25) is 0 Å². The zero-order valence-corrected chi connectivity index (χ0v) is 11.1. The lowest BCUT2D eigenvalue weighted by molar-refractivity contribution is -0.137. The van der Waals surface area contributed by atoms with E-state index >= 15 is 0 Å². The second-order valence-corrected chi connectivity index (χ2v) is 5.30. The lowest BCUT2D eigenvalue weighted by atomic mass is 9.98. The lowest BCUT2D eigenvalue weighted by Crippen LogP contribution is -2.06. The van der Waals surface area contributed by atoms with Gasteiger partial charge in [0.1, 0.15) is 5.75 Å². The molecule has 3 aromatic rings. The van der Waals surface area contributed by atoms with Crippen LogP contribution in [0, 0.1) is 0 Å². The molecule has 0 aliphatic carbocycles. The van der Waals surface area contributed by atoms with Gasteiger partial charge in [-0.25, -0.2) is 4.79 Å². The number of hydrogen-bond donors (Lipinski definition) is 1. The van der Waals surface area contributed by atoms with Crippen LogP contribution in [-0.2, 0) is 6.18 Å². The highest BCUT2D eigenvalue weighted by Gasteiger charge is 2.34. The summed E-state index contributed by atoms with van der Waals surface area (Å²) in [5.74, 6) is -0.230. The molecule has 0 amide bonds. The Morgan fingerprint density at radius 1 is 1.10 bits per heavy atom. The number of alkyl halides is 3. The molecule has 0 spiro atoms. The molecule has 0 radical (unpaired) electrons. The lowest BCUT2D eigenvalue weighted by Gasteiger charge is -2.13. The Morgan fingerprint density at radius 2 is 1.81 bits per heavy atom. The highest BCUT2D eigenvalue weighted by molar-refractivity contribution is 7.16. The van der Waals surface area contributed by atoms with Crippen molar-refractivity contribution in [2.24, 2.45) is 0 Å². The molecule has 1 aromatic heterocycles. The van der Waals surface area contributed by atoms with Crippen molar-refractivity contribution >= 4 is 21.6 Å². The maximum Gasteiger partial charge on any atom is 0.417 e. The first kappa shape index (κ1) is 13.7. The quantitative estimate of drug-likeness (QED) is 0.731. The topological polar surface area (TPSA) is 50.4 Å². The van der Waals surface area contributed by atoms with E-state index in [-0.39, 0.29) is 22.5 Å². The smallest absolute Gasteiger partial charge is 0.417 e. The molecule has 2 aromatic carbocycles. The number of benzene rings is 2. The maximum absolute atomic E-state index is 13.1. The third-order valence-electron chi connectivity index (χ3n) is 2.94. The Balaban J connectivity index is 2.38. The fourth-order valence-electron chi connectivity index (χ4n) is 2.13. The predicted octanol–water partition coefficient (Wildman–Crippen LogP) is 4.25. The highest BCUT2D eigenvalue weighted by Crippen LogP contribution is 2.41. The molecule has 3 rings (SSSR count). The van der Waals surface area contributed by atoms with Crippen LogP contribution in [0.3, 0.4) is 0 Å². The molecule has 0 bridgehead atoms. The fourth-order valence-corrected chi connectivity index (χ4v) is 2.86. The van der Waals surface area contributed by atoms with Crippen LogP contribution in [0.1, 0.15) is 5.56 Å². The minimum absolute atomic E-state index is 0.0382. The molecule has 1 N–H and O–H groups in total. The van der Waals surface area contributed by atoms with Gasteiger partial charge >= 0.3 is 11.1 Å². The minimum atomic E-state index is -4.55. The molecule has 0 unspecified atom stereocenters. The Labute approximate surface area is 119 Å². The van der Waals surface area contributed by atoms with Gasteiger partial charge in [-0.1, -0.05) is 29.5 Å². The van der Waals surface area contributed by atoms with Gasteiger partial charge in [0.2, 0.25) is 0 Å². The first-order valence-electron chi connectivity index (χ1n) is 5.79. The Bertz CT molecular complexity index is 877. The number of hydrogen-bond acceptors (Lipinski definition) is 4. The van der Waals surface area contributed by atoms with E-state index in [1.165, 1.54) is 24.3 Å². The van der Waals surface area contributed by atoms with Crippen LogP contribution >= 0.6 is 11.3 Å². The van der Waals surface area contributed by atoms with E-state index in [0.717, 1.165) is 23.5 Å². The van der Waals surface area contributed by atoms with Crippen molar-refractivity contribution in [3.05, 3.63) is 51.7 Å². The number of rotatable bonds is 1. The van der Waals surface area contributed by atoms with Crippen LogP contribution in [0.4, 0.5) is 13.2 Å². The normalized spacial score (nSPS) is 12.0. The summed E-state index contributed by atoms with van der Waals surface area (Å²) < 4.78 is 44.5. The van der Waals surface area contributed by atoms with E-state index in [2.05, 4.69) is 0 Å². The van der Waals surface area contributed by atoms with Gasteiger partial charge in [-0.2, -0.15) is 13.2 Å². The van der Waals surface area contributed by atoms with E-state index in [4.69, 9.17) is 4.42 Å². The number of fused-ring (bicyclic) bond motifs is 1. The number of phenolic OH excluding ortho intramolecular Hbond substituents is 1. The average Bonchev–Trinajstić information content (AvgIpc) is 2.77. The maximum atomic E-state index is 13.1. The van der Waals surface area contributed by atoms with Crippen LogP contribution in [0.15, 0.2) is 45.6 Å². The van der Waals surface area contributed by atoms with Crippen LogP contribution in [0.25, 0.3) is 21.4 Å². The van der Waals surface area contributed by atoms with Crippen LogP contribution in [-0.4, -0.2) is 5.11 Å². The summed E-state index contributed by atoms with van der Waals surface area (Å²) in [5.41, 5.74) is -0.922. The summed E-state index contributed by atoms with van der Waals surface area (Å²) in [5, 5.41) is 9.66. The van der Waals surface area contributed by atoms with Crippen molar-refractivity contribution in [1.29, 1.82) is 0 Å². The first-order valence-corrected chi connectivity index (χ1v) is 6.61. The second kappa shape index (κ2) is 4.63. The summed E-state index contributed by atoms with van der Waals surface area (Å²) in [7, 11) is 0. The van der Waals surface area contributed by atoms with Crippen molar-refractivity contribution in [2.45, 2.75) is 6.18 Å². The summed E-state index contributed by atoms with van der Waals surface area (Å²) in [6.07, 6.45) is -4.55. The third-order valence-corrected chi connectivity index (χ3v) is 3.71. The van der Waals surface area contributed by atoms with E-state index in [0.29, 0.717) is 4.70 Å². The molecule has 0 saturated heterocycles. The second-order valence-electron chi connectivity index (χ2n) is 4.32. The molecular formula is C14H7F3O3S. The fraction of sp³-hybridized carbons (Fsp3) is 0.0714. The van der Waals surface area contributed by atoms with Gasteiger partial charge in [0.05, 0.1) is 10.3 Å². The van der Waals surface area contributed by atoms with Gasteiger partial charge < -0.3 is 9.52 Å². The zero-order chi connectivity index (χ0) is 15.2. The molecule has 7 heteroatoms. The number of phenols is 1. The van der Waals surface area contributed by atoms with Gasteiger partial charge in [0, 0.05) is 11.6 Å². The van der Waals surface area contributed by atoms with E-state index in [9.17, 15) is 23.1 Å². The summed E-state index contributed by atoms with van der Waals surface area (Å²) in [6, 6.07) is 7.37. The van der Waals surface area contributed by atoms with Crippen molar-refractivity contribution in [1.82, 2.24) is 0 Å². The summed E-state index contributed by atoms with van der Waals surface area (Å²) in [4.78, 5) is 10.7. The zero-order valence-electron chi connectivity index (χ0n) is 10.3. The van der Waals surface area contributed by atoms with Gasteiger partial charge in [0.15, 0.2) is 5.58 Å². The Morgan fingerprint density at radius 3 is 2.52 bits per heavy atom. The molecule has 0 aliphatic rings. The Kier molecular flexibility index (Phi) is 3.02. The molecule has 3 nitrogen and oxygen atoms in total. The van der Waals surface area contributed by atoms with Gasteiger partial charge in [-0.3, -0.25) is 0 Å². The standard InChI is InChI=1S/C14H7F3O3S/c15-14(16,17)10-4-2-1-3-8(10)9-5-7(18)6-11-12(9)20-13(19)21-11/h1-6,18H. The highest BCUT2D eigenvalue weighted by atomic mass is 32.1. The molecule has 108 valence electrons. The van der Waals surface area contributed by atoms with E-state index in [1.54, 1.807) is 0 Å². The third kappa shape index (κ3) is 2.40. The summed E-state index contributed by atoms with van der Waals surface area (Å²) in [6.45, 7) is 0. The molecule has 0 aliphatic heterocycles. The van der Waals surface area contributed by atoms with Crippen molar-refractivity contribution in [3.8, 4) is 16.9 Å². The SMILES string of the molecule is O=c1oc2c(-c3ccccc3C(F)(F)F)cc(O)cc2s1.